The van der Waals surface area contributed by atoms with E-state index in [0.29, 0.717) is 9.81 Å². The van der Waals surface area contributed by atoms with Crippen LogP contribution in [0.3, 0.4) is 0 Å². The first-order valence-electron chi connectivity index (χ1n) is 3.05. The average molecular weight is 204 g/mol. The molecule has 58 valence electrons. The van der Waals surface area contributed by atoms with Crippen LogP contribution in [0.1, 0.15) is 0 Å². The van der Waals surface area contributed by atoms with Crippen LogP contribution in [-0.4, -0.2) is 21.7 Å². The summed E-state index contributed by atoms with van der Waals surface area (Å²) in [5.41, 5.74) is 0. The Balaban J connectivity index is 2.40. The van der Waals surface area contributed by atoms with Crippen molar-refractivity contribution in [3.63, 3.8) is 0 Å². The Kier molecular flexibility index (Phi) is 2.03. The maximum atomic E-state index is 11.1. The molecule has 0 aromatic heterocycles. The Labute approximate surface area is 76.6 Å². The fourth-order valence-electron chi connectivity index (χ4n) is 0.899. The van der Waals surface area contributed by atoms with Crippen molar-refractivity contribution < 1.29 is 9.59 Å². The molecule has 0 aromatic carbocycles. The molecule has 2 aliphatic rings. The normalized spacial score (nSPS) is 24.4. The van der Waals surface area contributed by atoms with E-state index in [-0.39, 0.29) is 10.2 Å². The quantitative estimate of drug-likeness (QED) is 0.597. The van der Waals surface area contributed by atoms with Crippen LogP contribution in [0.2, 0.25) is 0 Å². The molecule has 2 heterocycles. The van der Waals surface area contributed by atoms with Gasteiger partial charge in [-0.15, -0.1) is 23.5 Å². The van der Waals surface area contributed by atoms with Gasteiger partial charge in [0.15, 0.2) is 0 Å². The van der Waals surface area contributed by atoms with Gasteiger partial charge < -0.3 is 0 Å². The zero-order valence-electron chi connectivity index (χ0n) is 5.46. The van der Waals surface area contributed by atoms with Crippen molar-refractivity contribution >= 4 is 45.5 Å². The highest BCUT2D eigenvalue weighted by Crippen LogP contribution is 2.44. The second kappa shape index (κ2) is 2.88. The third-order valence-corrected chi connectivity index (χ3v) is 4.94. The second-order valence-electron chi connectivity index (χ2n) is 2.03. The summed E-state index contributed by atoms with van der Waals surface area (Å²) in [4.78, 5) is 23.5. The predicted octanol–water partition coefficient (Wildman–Crippen LogP) is 1.48. The zero-order valence-corrected chi connectivity index (χ0v) is 7.90. The molecule has 0 radical (unpaired) electrons. The molecule has 0 unspecified atom stereocenters. The molecule has 0 saturated carbocycles. The molecular weight excluding hydrogens is 200 g/mol. The van der Waals surface area contributed by atoms with E-state index >= 15 is 0 Å². The maximum Gasteiger partial charge on any atom is 0.234 e. The van der Waals surface area contributed by atoms with Crippen molar-refractivity contribution in [1.29, 1.82) is 0 Å². The molecule has 0 aliphatic carbocycles. The van der Waals surface area contributed by atoms with E-state index in [2.05, 4.69) is 0 Å². The lowest BCUT2D eigenvalue weighted by Gasteiger charge is -2.08. The number of rotatable bonds is 0. The van der Waals surface area contributed by atoms with Gasteiger partial charge >= 0.3 is 0 Å². The molecule has 0 aromatic rings. The van der Waals surface area contributed by atoms with Gasteiger partial charge in [-0.1, -0.05) is 0 Å². The molecule has 2 nitrogen and oxygen atoms in total. The van der Waals surface area contributed by atoms with Crippen LogP contribution in [0.25, 0.3) is 0 Å². The van der Waals surface area contributed by atoms with Crippen molar-refractivity contribution in [2.24, 2.45) is 0 Å². The van der Waals surface area contributed by atoms with Crippen molar-refractivity contribution in [2.45, 2.75) is 0 Å². The van der Waals surface area contributed by atoms with Crippen LogP contribution < -0.4 is 0 Å². The standard InChI is InChI=1S/C6H4O2S3/c7-5-3-4(6(8)11-5)10-2-1-9-3/h1-2H2. The summed E-state index contributed by atoms with van der Waals surface area (Å²) >= 11 is 3.86. The van der Waals surface area contributed by atoms with E-state index in [1.165, 1.54) is 23.5 Å². The summed E-state index contributed by atoms with van der Waals surface area (Å²) in [6.45, 7) is 0. The van der Waals surface area contributed by atoms with Crippen molar-refractivity contribution in [1.82, 2.24) is 0 Å². The highest BCUT2D eigenvalue weighted by Gasteiger charge is 2.34. The first-order chi connectivity index (χ1) is 5.29. The number of carbonyl (C=O) groups is 2. The minimum absolute atomic E-state index is 0.0535. The molecular formula is C6H4O2S3. The molecule has 11 heavy (non-hydrogen) atoms. The van der Waals surface area contributed by atoms with E-state index < -0.39 is 0 Å². The van der Waals surface area contributed by atoms with Gasteiger partial charge in [0.1, 0.15) is 0 Å². The van der Waals surface area contributed by atoms with Gasteiger partial charge in [-0.05, 0) is 11.8 Å². The third-order valence-electron chi connectivity index (χ3n) is 1.34. The lowest BCUT2D eigenvalue weighted by Crippen LogP contribution is -1.98. The lowest BCUT2D eigenvalue weighted by molar-refractivity contribution is -0.107. The van der Waals surface area contributed by atoms with Crippen molar-refractivity contribution in [3.8, 4) is 0 Å². The first kappa shape index (κ1) is 7.76. The molecule has 0 spiro atoms. The molecule has 0 atom stereocenters. The summed E-state index contributed by atoms with van der Waals surface area (Å²) in [6, 6.07) is 0. The van der Waals surface area contributed by atoms with Crippen LogP contribution in [0.5, 0.6) is 0 Å². The van der Waals surface area contributed by atoms with E-state index in [9.17, 15) is 9.59 Å². The summed E-state index contributed by atoms with van der Waals surface area (Å²) < 4.78 is 0. The predicted molar refractivity (Wildman–Crippen MR) is 49.5 cm³/mol. The van der Waals surface area contributed by atoms with Gasteiger partial charge in [0.05, 0.1) is 9.81 Å². The minimum Gasteiger partial charge on any atom is -0.280 e. The Hall–Kier alpha value is 0.130. The highest BCUT2D eigenvalue weighted by atomic mass is 32.2. The van der Waals surface area contributed by atoms with Crippen molar-refractivity contribution in [2.75, 3.05) is 11.5 Å². The summed E-state index contributed by atoms with van der Waals surface area (Å²) in [5, 5.41) is -0.107. The van der Waals surface area contributed by atoms with Crippen LogP contribution in [0.4, 0.5) is 0 Å². The van der Waals surface area contributed by atoms with Gasteiger partial charge in [-0.3, -0.25) is 9.59 Å². The smallest absolute Gasteiger partial charge is 0.234 e. The summed E-state index contributed by atoms with van der Waals surface area (Å²) in [6.07, 6.45) is 0. The third kappa shape index (κ3) is 1.25. The fourth-order valence-corrected chi connectivity index (χ4v) is 4.30. The van der Waals surface area contributed by atoms with E-state index in [1.807, 2.05) is 0 Å². The summed E-state index contributed by atoms with van der Waals surface area (Å²) in [5.74, 6) is 1.90. The second-order valence-corrected chi connectivity index (χ2v) is 5.19. The number of thioether (sulfide) groups is 3. The molecule has 2 rings (SSSR count). The molecule has 0 fully saturated rings. The Morgan fingerprint density at radius 2 is 1.36 bits per heavy atom. The Morgan fingerprint density at radius 3 is 1.82 bits per heavy atom. The highest BCUT2D eigenvalue weighted by molar-refractivity contribution is 8.32. The molecule has 0 N–H and O–H groups in total. The largest absolute Gasteiger partial charge is 0.280 e. The molecule has 0 bridgehead atoms. The molecule has 5 heteroatoms. The average Bonchev–Trinajstić information content (AvgIpc) is 2.30. The van der Waals surface area contributed by atoms with Crippen LogP contribution in [-0.2, 0) is 9.59 Å². The first-order valence-corrected chi connectivity index (χ1v) is 5.84. The van der Waals surface area contributed by atoms with Gasteiger partial charge in [0.2, 0.25) is 10.2 Å². The van der Waals surface area contributed by atoms with E-state index in [4.69, 9.17) is 0 Å². The van der Waals surface area contributed by atoms with Gasteiger partial charge in [-0.25, -0.2) is 0 Å². The Morgan fingerprint density at radius 1 is 0.909 bits per heavy atom. The molecule has 2 aliphatic heterocycles. The SMILES string of the molecule is O=C1SC(=O)C2=C1SCCS2. The van der Waals surface area contributed by atoms with E-state index in [1.54, 1.807) is 0 Å². The van der Waals surface area contributed by atoms with Crippen LogP contribution >= 0.6 is 35.3 Å². The number of carbonyl (C=O) groups excluding carboxylic acids is 2. The van der Waals surface area contributed by atoms with Crippen LogP contribution in [0, 0.1) is 0 Å². The number of hydrogen-bond donors (Lipinski definition) is 0. The minimum atomic E-state index is -0.0535. The van der Waals surface area contributed by atoms with Crippen molar-refractivity contribution in [3.05, 3.63) is 9.81 Å². The van der Waals surface area contributed by atoms with Gasteiger partial charge in [-0.2, -0.15) is 0 Å². The zero-order chi connectivity index (χ0) is 7.84. The van der Waals surface area contributed by atoms with E-state index in [0.717, 1.165) is 23.3 Å². The number of hydrogen-bond acceptors (Lipinski definition) is 5. The molecule has 0 saturated heterocycles. The topological polar surface area (TPSA) is 34.1 Å². The van der Waals surface area contributed by atoms with Gasteiger partial charge in [0, 0.05) is 11.5 Å². The lowest BCUT2D eigenvalue weighted by atomic mass is 10.5. The Bertz CT molecular complexity index is 243. The van der Waals surface area contributed by atoms with Crippen LogP contribution in [0.15, 0.2) is 9.81 Å². The molecule has 0 amide bonds. The summed E-state index contributed by atoms with van der Waals surface area (Å²) in [7, 11) is 0. The van der Waals surface area contributed by atoms with Gasteiger partial charge in [0.25, 0.3) is 0 Å². The monoisotopic (exact) mass is 204 g/mol. The fraction of sp³-hybridized carbons (Fsp3) is 0.333. The maximum absolute atomic E-state index is 11.1.